The van der Waals surface area contributed by atoms with Crippen LogP contribution in [-0.2, 0) is 19.6 Å². The maximum Gasteiger partial charge on any atom is 0.284 e. The van der Waals surface area contributed by atoms with Crippen molar-refractivity contribution in [3.05, 3.63) is 70.5 Å². The van der Waals surface area contributed by atoms with Crippen molar-refractivity contribution in [3.63, 3.8) is 0 Å². The number of benzene rings is 2. The van der Waals surface area contributed by atoms with Crippen molar-refractivity contribution in [3.8, 4) is 0 Å². The number of carbonyl (C=O) groups excluding carboxylic acids is 2. The molecule has 1 aliphatic rings. The first-order valence-electron chi connectivity index (χ1n) is 9.74. The van der Waals surface area contributed by atoms with E-state index in [9.17, 15) is 18.0 Å². The number of hydrogen-bond donors (Lipinski definition) is 1. The Bertz CT molecular complexity index is 1420. The van der Waals surface area contributed by atoms with Gasteiger partial charge in [-0.2, -0.15) is 0 Å². The number of sulfonamides is 1. The van der Waals surface area contributed by atoms with E-state index in [2.05, 4.69) is 19.7 Å². The molecule has 0 aliphatic carbocycles. The average molecular weight is 484 g/mol. The smallest absolute Gasteiger partial charge is 0.274 e. The molecule has 168 valence electrons. The molecule has 0 atom stereocenters. The van der Waals surface area contributed by atoms with Gasteiger partial charge in [0.1, 0.15) is 5.71 Å². The van der Waals surface area contributed by atoms with Crippen molar-refractivity contribution in [1.82, 2.24) is 9.97 Å². The van der Waals surface area contributed by atoms with Gasteiger partial charge >= 0.3 is 0 Å². The summed E-state index contributed by atoms with van der Waals surface area (Å²) in [6.07, 6.45) is 0. The molecule has 1 N–H and O–H groups in total. The maximum atomic E-state index is 12.8. The Balaban J connectivity index is 1.65. The highest BCUT2D eigenvalue weighted by Crippen LogP contribution is 2.33. The quantitative estimate of drug-likeness (QED) is 0.605. The number of fused-ring (bicyclic) bond motifs is 1. The van der Waals surface area contributed by atoms with E-state index in [0.717, 1.165) is 4.90 Å². The van der Waals surface area contributed by atoms with Gasteiger partial charge in [0.2, 0.25) is 11.9 Å². The zero-order valence-electron chi connectivity index (χ0n) is 17.8. The van der Waals surface area contributed by atoms with E-state index < -0.39 is 21.8 Å². The number of rotatable bonds is 4. The fourth-order valence-corrected chi connectivity index (χ4v) is 4.54. The molecule has 2 heterocycles. The second-order valence-electron chi connectivity index (χ2n) is 7.36. The molecule has 4 rings (SSSR count). The lowest BCUT2D eigenvalue weighted by atomic mass is 10.1. The van der Waals surface area contributed by atoms with Gasteiger partial charge in [0.05, 0.1) is 16.3 Å². The zero-order chi connectivity index (χ0) is 23.9. The van der Waals surface area contributed by atoms with E-state index in [-0.39, 0.29) is 16.6 Å². The number of halogens is 1. The standard InChI is InChI=1S/C22H18ClN5O4S/c1-12-10-13(2)25-22(24-12)27-33(31,32)17-7-5-16(6-8-17)26-20-18-11-15(23)4-9-19(18)28(14(3)29)21(20)30/h4-11H,1-3H3,(H,24,25,27). The number of nitrogens with one attached hydrogen (secondary N) is 1. The first-order valence-corrected chi connectivity index (χ1v) is 11.6. The van der Waals surface area contributed by atoms with Crippen LogP contribution in [0, 0.1) is 13.8 Å². The van der Waals surface area contributed by atoms with Crippen LogP contribution in [0.25, 0.3) is 0 Å². The van der Waals surface area contributed by atoms with Crippen LogP contribution in [-0.4, -0.2) is 35.9 Å². The van der Waals surface area contributed by atoms with E-state index in [4.69, 9.17) is 11.6 Å². The highest BCUT2D eigenvalue weighted by atomic mass is 35.5. The van der Waals surface area contributed by atoms with Crippen molar-refractivity contribution in [1.29, 1.82) is 0 Å². The van der Waals surface area contributed by atoms with E-state index in [0.29, 0.717) is 33.3 Å². The number of imide groups is 1. The molecule has 3 aromatic rings. The number of nitrogens with zero attached hydrogens (tertiary/aromatic N) is 4. The van der Waals surface area contributed by atoms with Crippen LogP contribution in [0.4, 0.5) is 17.3 Å². The third-order valence-electron chi connectivity index (χ3n) is 4.77. The molecule has 0 spiro atoms. The van der Waals surface area contributed by atoms with Crippen LogP contribution >= 0.6 is 11.6 Å². The van der Waals surface area contributed by atoms with Crippen LogP contribution in [0.5, 0.6) is 0 Å². The minimum absolute atomic E-state index is 0.0221. The zero-order valence-corrected chi connectivity index (χ0v) is 19.4. The average Bonchev–Trinajstić information content (AvgIpc) is 2.98. The third-order valence-corrected chi connectivity index (χ3v) is 6.35. The molecule has 0 saturated carbocycles. The van der Waals surface area contributed by atoms with Gasteiger partial charge in [-0.15, -0.1) is 0 Å². The first kappa shape index (κ1) is 22.6. The summed E-state index contributed by atoms with van der Waals surface area (Å²) >= 11 is 6.07. The second kappa shape index (κ2) is 8.38. The van der Waals surface area contributed by atoms with Crippen LogP contribution in [0.1, 0.15) is 23.9 Å². The lowest BCUT2D eigenvalue weighted by Gasteiger charge is -2.11. The number of aliphatic imine (C=N–C) groups is 1. The van der Waals surface area contributed by atoms with Crippen molar-refractivity contribution >= 4 is 56.5 Å². The summed E-state index contributed by atoms with van der Waals surface area (Å²) in [5, 5.41) is 0.390. The third kappa shape index (κ3) is 4.48. The van der Waals surface area contributed by atoms with E-state index in [1.54, 1.807) is 38.1 Å². The molecule has 11 heteroatoms. The largest absolute Gasteiger partial charge is 0.284 e. The van der Waals surface area contributed by atoms with Gasteiger partial charge in [-0.25, -0.2) is 33.0 Å². The molecular formula is C22H18ClN5O4S. The lowest BCUT2D eigenvalue weighted by Crippen LogP contribution is -2.34. The maximum absolute atomic E-state index is 12.8. The van der Waals surface area contributed by atoms with Crippen LogP contribution < -0.4 is 9.62 Å². The molecule has 0 bridgehead atoms. The fraction of sp³-hybridized carbons (Fsp3) is 0.136. The van der Waals surface area contributed by atoms with E-state index in [1.165, 1.54) is 31.2 Å². The van der Waals surface area contributed by atoms with Crippen molar-refractivity contribution in [2.75, 3.05) is 9.62 Å². The minimum atomic E-state index is -3.94. The Morgan fingerprint density at radius 3 is 2.27 bits per heavy atom. The first-order chi connectivity index (χ1) is 15.5. The lowest BCUT2D eigenvalue weighted by molar-refractivity contribution is -0.121. The molecule has 0 saturated heterocycles. The Morgan fingerprint density at radius 1 is 1.03 bits per heavy atom. The molecule has 1 aliphatic heterocycles. The predicted molar refractivity (Wildman–Crippen MR) is 125 cm³/mol. The molecular weight excluding hydrogens is 466 g/mol. The summed E-state index contributed by atoms with van der Waals surface area (Å²) in [4.78, 5) is 38.3. The summed E-state index contributed by atoms with van der Waals surface area (Å²) in [7, 11) is -3.94. The fourth-order valence-electron chi connectivity index (χ4n) is 3.42. The molecule has 2 amide bonds. The van der Waals surface area contributed by atoms with E-state index in [1.807, 2.05) is 0 Å². The molecule has 0 radical (unpaired) electrons. The number of aromatic nitrogens is 2. The van der Waals surface area contributed by atoms with Gasteiger partial charge in [-0.3, -0.25) is 9.59 Å². The van der Waals surface area contributed by atoms with Crippen molar-refractivity contribution in [2.24, 2.45) is 4.99 Å². The minimum Gasteiger partial charge on any atom is -0.274 e. The Hall–Kier alpha value is -3.63. The van der Waals surface area contributed by atoms with Crippen LogP contribution in [0.2, 0.25) is 5.02 Å². The SMILES string of the molecule is CC(=O)N1C(=O)C(=Nc2ccc(S(=O)(=O)Nc3nc(C)cc(C)n3)cc2)c2cc(Cl)ccc21. The van der Waals surface area contributed by atoms with Gasteiger partial charge in [0.15, 0.2) is 0 Å². The number of anilines is 2. The van der Waals surface area contributed by atoms with Gasteiger partial charge in [0, 0.05) is 28.9 Å². The molecule has 0 unspecified atom stereocenters. The highest BCUT2D eigenvalue weighted by molar-refractivity contribution is 7.92. The predicted octanol–water partition coefficient (Wildman–Crippen LogP) is 3.56. The Morgan fingerprint density at radius 2 is 1.67 bits per heavy atom. The highest BCUT2D eigenvalue weighted by Gasteiger charge is 2.36. The van der Waals surface area contributed by atoms with Crippen LogP contribution in [0.15, 0.2) is 58.4 Å². The summed E-state index contributed by atoms with van der Waals surface area (Å²) in [6.45, 7) is 4.76. The molecule has 9 nitrogen and oxygen atoms in total. The second-order valence-corrected chi connectivity index (χ2v) is 9.47. The van der Waals surface area contributed by atoms with Crippen LogP contribution in [0.3, 0.4) is 0 Å². The topological polar surface area (TPSA) is 122 Å². The normalized spacial score (nSPS) is 14.5. The van der Waals surface area contributed by atoms with Gasteiger partial charge in [0.25, 0.3) is 15.9 Å². The van der Waals surface area contributed by atoms with E-state index >= 15 is 0 Å². The number of hydrogen-bond acceptors (Lipinski definition) is 7. The summed E-state index contributed by atoms with van der Waals surface area (Å²) in [6, 6.07) is 12.1. The summed E-state index contributed by atoms with van der Waals surface area (Å²) in [5.41, 5.74) is 2.46. The monoisotopic (exact) mass is 483 g/mol. The number of carbonyl (C=O) groups is 2. The number of amides is 2. The van der Waals surface area contributed by atoms with Gasteiger partial charge < -0.3 is 0 Å². The molecule has 1 aromatic heterocycles. The van der Waals surface area contributed by atoms with Gasteiger partial charge in [-0.1, -0.05) is 11.6 Å². The molecule has 33 heavy (non-hydrogen) atoms. The van der Waals surface area contributed by atoms with Crippen molar-refractivity contribution in [2.45, 2.75) is 25.7 Å². The Kier molecular flexibility index (Phi) is 5.73. The summed E-state index contributed by atoms with van der Waals surface area (Å²) in [5.74, 6) is -1.05. The van der Waals surface area contributed by atoms with Gasteiger partial charge in [-0.05, 0) is 62.4 Å². The summed E-state index contributed by atoms with van der Waals surface area (Å²) < 4.78 is 27.8. The molecule has 0 fully saturated rings. The number of aryl methyl sites for hydroxylation is 2. The van der Waals surface area contributed by atoms with Crippen molar-refractivity contribution < 1.29 is 18.0 Å². The Labute approximate surface area is 195 Å². The molecule has 2 aromatic carbocycles.